The molecule has 9 heteroatoms. The largest absolute Gasteiger partial charge is 0.369 e. The van der Waals surface area contributed by atoms with Crippen LogP contribution in [0.5, 0.6) is 0 Å². The topological polar surface area (TPSA) is 83.8 Å². The Morgan fingerprint density at radius 1 is 1.27 bits per heavy atom. The second kappa shape index (κ2) is 8.50. The van der Waals surface area contributed by atoms with Gasteiger partial charge in [0.2, 0.25) is 0 Å². The number of nitrogens with zero attached hydrogens (tertiary/aromatic N) is 3. The Balaban J connectivity index is 1.62. The first-order valence-electron chi connectivity index (χ1n) is 10.5. The molecule has 2 aliphatic heterocycles. The summed E-state index contributed by atoms with van der Waals surface area (Å²) >= 11 is 7.44. The molecule has 0 spiro atoms. The molecular formula is C24H24ClN3O4S. The van der Waals surface area contributed by atoms with Gasteiger partial charge in [-0.15, -0.1) is 0 Å². The molecule has 1 unspecified atom stereocenters. The summed E-state index contributed by atoms with van der Waals surface area (Å²) < 4.78 is 0. The van der Waals surface area contributed by atoms with Gasteiger partial charge in [-0.25, -0.2) is 0 Å². The lowest BCUT2D eigenvalue weighted by atomic mass is 9.80. The van der Waals surface area contributed by atoms with Crippen LogP contribution in [0.25, 0.3) is 6.08 Å². The Labute approximate surface area is 201 Å². The molecule has 0 saturated carbocycles. The summed E-state index contributed by atoms with van der Waals surface area (Å²) in [5, 5.41) is 11.1. The van der Waals surface area contributed by atoms with Crippen LogP contribution >= 0.6 is 23.4 Å². The predicted molar refractivity (Wildman–Crippen MR) is 132 cm³/mol. The molecule has 0 radical (unpaired) electrons. The number of hydrogen-bond acceptors (Lipinski definition) is 6. The number of halogens is 1. The minimum Gasteiger partial charge on any atom is -0.369 e. The number of benzene rings is 2. The van der Waals surface area contributed by atoms with E-state index in [-0.39, 0.29) is 22.7 Å². The summed E-state index contributed by atoms with van der Waals surface area (Å²) in [4.78, 5) is 39.6. The van der Waals surface area contributed by atoms with Crippen LogP contribution < -0.4 is 4.90 Å². The molecule has 0 bridgehead atoms. The summed E-state index contributed by atoms with van der Waals surface area (Å²) in [6.45, 7) is 6.55. The summed E-state index contributed by atoms with van der Waals surface area (Å²) in [5.41, 5.74) is 3.35. The second-order valence-corrected chi connectivity index (χ2v) is 10.5. The van der Waals surface area contributed by atoms with E-state index < -0.39 is 16.1 Å². The lowest BCUT2D eigenvalue weighted by molar-refractivity contribution is -0.384. The number of thioether (sulfide) groups is 1. The molecule has 2 aromatic carbocycles. The maximum atomic E-state index is 13.0. The third-order valence-corrected chi connectivity index (χ3v) is 7.61. The van der Waals surface area contributed by atoms with E-state index in [1.165, 1.54) is 18.2 Å². The highest BCUT2D eigenvalue weighted by atomic mass is 35.5. The molecule has 172 valence electrons. The van der Waals surface area contributed by atoms with Crippen LogP contribution in [0.4, 0.5) is 16.2 Å². The fourth-order valence-corrected chi connectivity index (χ4v) is 5.49. The average Bonchev–Trinajstić information content (AvgIpc) is 3.00. The Bertz CT molecular complexity index is 1210. The first-order chi connectivity index (χ1) is 15.5. The standard InChI is InChI=1S/C24H24ClN3O4S/c1-14-12-24(2,3)26(4)20-11-19(25)16(9-18(14)20)10-21-22(29)27(23(30)33-21)13-15-6-5-7-17(8-15)28(31)32/h5-11,14H,12-13H2,1-4H3/b21-10+. The number of nitro groups is 1. The molecule has 0 aliphatic carbocycles. The van der Waals surface area contributed by atoms with Crippen molar-refractivity contribution in [2.75, 3.05) is 11.9 Å². The van der Waals surface area contributed by atoms with Crippen molar-refractivity contribution in [2.24, 2.45) is 0 Å². The van der Waals surface area contributed by atoms with Crippen LogP contribution in [-0.2, 0) is 11.3 Å². The lowest BCUT2D eigenvalue weighted by Gasteiger charge is -2.45. The van der Waals surface area contributed by atoms with Crippen molar-refractivity contribution in [3.63, 3.8) is 0 Å². The number of fused-ring (bicyclic) bond motifs is 1. The summed E-state index contributed by atoms with van der Waals surface area (Å²) in [7, 11) is 2.06. The normalized spacial score (nSPS) is 21.0. The van der Waals surface area contributed by atoms with E-state index in [2.05, 4.69) is 32.7 Å². The van der Waals surface area contributed by atoms with E-state index in [4.69, 9.17) is 11.6 Å². The van der Waals surface area contributed by atoms with Crippen molar-refractivity contribution in [1.29, 1.82) is 0 Å². The molecule has 4 rings (SSSR count). The highest BCUT2D eigenvalue weighted by Crippen LogP contribution is 2.45. The van der Waals surface area contributed by atoms with Crippen LogP contribution in [0.1, 0.15) is 49.8 Å². The van der Waals surface area contributed by atoms with Crippen LogP contribution in [0.2, 0.25) is 5.02 Å². The number of amides is 2. The van der Waals surface area contributed by atoms with E-state index in [0.717, 1.165) is 34.3 Å². The first-order valence-corrected chi connectivity index (χ1v) is 11.7. The number of nitro benzene ring substituents is 1. The maximum absolute atomic E-state index is 13.0. The van der Waals surface area contributed by atoms with E-state index in [0.29, 0.717) is 22.1 Å². The number of anilines is 1. The van der Waals surface area contributed by atoms with Gasteiger partial charge in [-0.2, -0.15) is 0 Å². The average molecular weight is 486 g/mol. The van der Waals surface area contributed by atoms with Gasteiger partial charge in [0.05, 0.1) is 16.4 Å². The maximum Gasteiger partial charge on any atom is 0.293 e. The van der Waals surface area contributed by atoms with Crippen LogP contribution in [0.15, 0.2) is 41.3 Å². The number of carbonyl (C=O) groups excluding carboxylic acids is 2. The molecule has 2 aromatic rings. The minimum absolute atomic E-state index is 0.00638. The number of carbonyl (C=O) groups is 2. The smallest absolute Gasteiger partial charge is 0.293 e. The van der Waals surface area contributed by atoms with Gasteiger partial charge >= 0.3 is 0 Å². The van der Waals surface area contributed by atoms with Gasteiger partial charge in [-0.3, -0.25) is 24.6 Å². The molecule has 2 amide bonds. The van der Waals surface area contributed by atoms with E-state index >= 15 is 0 Å². The SMILES string of the molecule is CC1CC(C)(C)N(C)c2cc(Cl)c(/C=C3/SC(=O)N(Cc4cccc([N+](=O)[O-])c4)C3=O)cc21. The molecule has 0 aromatic heterocycles. The first kappa shape index (κ1) is 23.3. The van der Waals surface area contributed by atoms with Crippen molar-refractivity contribution in [3.8, 4) is 0 Å². The molecule has 2 aliphatic rings. The van der Waals surface area contributed by atoms with Gasteiger partial charge in [-0.1, -0.05) is 30.7 Å². The highest BCUT2D eigenvalue weighted by molar-refractivity contribution is 8.18. The number of hydrogen-bond donors (Lipinski definition) is 0. The minimum atomic E-state index is -0.505. The predicted octanol–water partition coefficient (Wildman–Crippen LogP) is 6.21. The Hall–Kier alpha value is -2.84. The van der Waals surface area contributed by atoms with Crippen molar-refractivity contribution < 1.29 is 14.5 Å². The second-order valence-electron chi connectivity index (χ2n) is 9.10. The molecule has 1 saturated heterocycles. The fourth-order valence-electron chi connectivity index (χ4n) is 4.44. The van der Waals surface area contributed by atoms with Gasteiger partial charge in [0.15, 0.2) is 0 Å². The lowest BCUT2D eigenvalue weighted by Crippen LogP contribution is -2.45. The zero-order chi connectivity index (χ0) is 24.1. The summed E-state index contributed by atoms with van der Waals surface area (Å²) in [5.74, 6) is -0.115. The summed E-state index contributed by atoms with van der Waals surface area (Å²) in [6, 6.07) is 9.85. The number of imide groups is 1. The fraction of sp³-hybridized carbons (Fsp3) is 0.333. The van der Waals surface area contributed by atoms with Gasteiger partial charge in [0.25, 0.3) is 16.8 Å². The Kier molecular flexibility index (Phi) is 6.01. The number of non-ortho nitro benzene ring substituents is 1. The molecular weight excluding hydrogens is 462 g/mol. The molecule has 0 N–H and O–H groups in total. The monoisotopic (exact) mass is 485 g/mol. The molecule has 1 atom stereocenters. The zero-order valence-electron chi connectivity index (χ0n) is 18.8. The molecule has 2 heterocycles. The van der Waals surface area contributed by atoms with E-state index in [1.807, 2.05) is 12.1 Å². The van der Waals surface area contributed by atoms with Crippen molar-refractivity contribution in [3.05, 3.63) is 73.1 Å². The molecule has 33 heavy (non-hydrogen) atoms. The van der Waals surface area contributed by atoms with Crippen LogP contribution in [0.3, 0.4) is 0 Å². The van der Waals surface area contributed by atoms with Gasteiger partial charge < -0.3 is 4.90 Å². The Morgan fingerprint density at radius 3 is 2.70 bits per heavy atom. The van der Waals surface area contributed by atoms with Crippen molar-refractivity contribution in [1.82, 2.24) is 4.90 Å². The van der Waals surface area contributed by atoms with E-state index in [9.17, 15) is 19.7 Å². The highest BCUT2D eigenvalue weighted by Gasteiger charge is 2.37. The van der Waals surface area contributed by atoms with Crippen LogP contribution in [-0.4, -0.2) is 33.6 Å². The summed E-state index contributed by atoms with van der Waals surface area (Å²) in [6.07, 6.45) is 2.64. The molecule has 1 fully saturated rings. The van der Waals surface area contributed by atoms with E-state index in [1.54, 1.807) is 12.1 Å². The van der Waals surface area contributed by atoms with Crippen molar-refractivity contribution in [2.45, 2.75) is 45.2 Å². The van der Waals surface area contributed by atoms with Crippen molar-refractivity contribution >= 4 is 52.0 Å². The zero-order valence-corrected chi connectivity index (χ0v) is 20.4. The molecule has 7 nitrogen and oxygen atoms in total. The number of rotatable bonds is 4. The third-order valence-electron chi connectivity index (χ3n) is 6.37. The van der Waals surface area contributed by atoms with Gasteiger partial charge in [-0.05, 0) is 72.8 Å². The van der Waals surface area contributed by atoms with Crippen LogP contribution in [0, 0.1) is 10.1 Å². The van der Waals surface area contributed by atoms with Gasteiger partial charge in [0, 0.05) is 35.4 Å². The third kappa shape index (κ3) is 4.37. The van der Waals surface area contributed by atoms with Gasteiger partial charge in [0.1, 0.15) is 0 Å². The Morgan fingerprint density at radius 2 is 2.00 bits per heavy atom. The quantitative estimate of drug-likeness (QED) is 0.291.